The second kappa shape index (κ2) is 7.96. The van der Waals surface area contributed by atoms with Crippen LogP contribution in [-0.4, -0.2) is 41.5 Å². The largest absolute Gasteiger partial charge is 0.497 e. The van der Waals surface area contributed by atoms with E-state index in [1.54, 1.807) is 18.2 Å². The van der Waals surface area contributed by atoms with Crippen molar-refractivity contribution in [1.82, 2.24) is 5.32 Å². The van der Waals surface area contributed by atoms with Crippen molar-refractivity contribution in [3.8, 4) is 11.5 Å². The monoisotopic (exact) mass is 302 g/mol. The zero-order valence-electron chi connectivity index (χ0n) is 12.1. The van der Waals surface area contributed by atoms with E-state index < -0.39 is 10.0 Å². The van der Waals surface area contributed by atoms with E-state index in [-0.39, 0.29) is 5.75 Å². The number of anilines is 1. The molecular formula is C13H22N2O4S. The second-order valence-corrected chi connectivity index (χ2v) is 6.11. The first-order chi connectivity index (χ1) is 9.50. The van der Waals surface area contributed by atoms with Crippen molar-refractivity contribution in [2.45, 2.75) is 13.3 Å². The number of rotatable bonds is 9. The molecule has 0 bridgehead atoms. The summed E-state index contributed by atoms with van der Waals surface area (Å²) in [6, 6.07) is 4.90. The number of hydrogen-bond donors (Lipinski definition) is 2. The highest BCUT2D eigenvalue weighted by Gasteiger charge is 2.11. The van der Waals surface area contributed by atoms with Crippen molar-refractivity contribution in [2.24, 2.45) is 0 Å². The first kappa shape index (κ1) is 16.6. The lowest BCUT2D eigenvalue weighted by Gasteiger charge is -2.11. The zero-order valence-corrected chi connectivity index (χ0v) is 12.9. The molecule has 0 aliphatic heterocycles. The summed E-state index contributed by atoms with van der Waals surface area (Å²) >= 11 is 0. The van der Waals surface area contributed by atoms with Crippen LogP contribution in [-0.2, 0) is 10.0 Å². The molecule has 0 unspecified atom stereocenters. The summed E-state index contributed by atoms with van der Waals surface area (Å²) in [4.78, 5) is 0. The van der Waals surface area contributed by atoms with Gasteiger partial charge >= 0.3 is 0 Å². The average molecular weight is 302 g/mol. The standard InChI is InChI=1S/C13H22N2O4S/c1-4-5-14-6-7-20(16,17)15-11-8-12(18-2)10-13(9-11)19-3/h8-10,14-15H,4-7H2,1-3H3. The smallest absolute Gasteiger partial charge is 0.233 e. The Morgan fingerprint density at radius 3 is 2.15 bits per heavy atom. The number of benzene rings is 1. The van der Waals surface area contributed by atoms with Gasteiger partial charge in [-0.3, -0.25) is 4.72 Å². The van der Waals surface area contributed by atoms with Gasteiger partial charge in [-0.2, -0.15) is 0 Å². The third kappa shape index (κ3) is 5.66. The highest BCUT2D eigenvalue weighted by molar-refractivity contribution is 7.92. The molecule has 0 amide bonds. The van der Waals surface area contributed by atoms with E-state index in [4.69, 9.17) is 9.47 Å². The molecule has 0 aliphatic carbocycles. The van der Waals surface area contributed by atoms with Gasteiger partial charge < -0.3 is 14.8 Å². The van der Waals surface area contributed by atoms with Crippen LogP contribution in [0, 0.1) is 0 Å². The Labute approximate surface area is 120 Å². The first-order valence-corrected chi connectivity index (χ1v) is 8.10. The van der Waals surface area contributed by atoms with E-state index in [9.17, 15) is 8.42 Å². The molecule has 0 atom stereocenters. The Morgan fingerprint density at radius 1 is 1.05 bits per heavy atom. The average Bonchev–Trinajstić information content (AvgIpc) is 2.42. The van der Waals surface area contributed by atoms with E-state index in [0.717, 1.165) is 13.0 Å². The highest BCUT2D eigenvalue weighted by atomic mass is 32.2. The quantitative estimate of drug-likeness (QED) is 0.675. The van der Waals surface area contributed by atoms with Crippen molar-refractivity contribution < 1.29 is 17.9 Å². The van der Waals surface area contributed by atoms with E-state index >= 15 is 0 Å². The molecule has 1 rings (SSSR count). The molecule has 0 radical (unpaired) electrons. The molecule has 0 saturated heterocycles. The van der Waals surface area contributed by atoms with Crippen LogP contribution in [0.3, 0.4) is 0 Å². The van der Waals surface area contributed by atoms with Gasteiger partial charge in [0.25, 0.3) is 0 Å². The van der Waals surface area contributed by atoms with Crippen LogP contribution in [0.2, 0.25) is 0 Å². The lowest BCUT2D eigenvalue weighted by molar-refractivity contribution is 0.395. The third-order valence-electron chi connectivity index (χ3n) is 2.60. The SMILES string of the molecule is CCCNCCS(=O)(=O)Nc1cc(OC)cc(OC)c1. The van der Waals surface area contributed by atoms with E-state index in [1.165, 1.54) is 14.2 Å². The van der Waals surface area contributed by atoms with Crippen molar-refractivity contribution in [2.75, 3.05) is 37.8 Å². The summed E-state index contributed by atoms with van der Waals surface area (Å²) < 4.78 is 36.6. The van der Waals surface area contributed by atoms with Crippen LogP contribution in [0.4, 0.5) is 5.69 Å². The van der Waals surface area contributed by atoms with Gasteiger partial charge in [-0.15, -0.1) is 0 Å². The predicted molar refractivity (Wildman–Crippen MR) is 80.1 cm³/mol. The maximum absolute atomic E-state index is 11.9. The molecule has 0 spiro atoms. The lowest BCUT2D eigenvalue weighted by atomic mass is 10.3. The van der Waals surface area contributed by atoms with Crippen LogP contribution in [0.15, 0.2) is 18.2 Å². The molecule has 0 aliphatic rings. The van der Waals surface area contributed by atoms with Gasteiger partial charge in [0.05, 0.1) is 25.7 Å². The number of nitrogens with one attached hydrogen (secondary N) is 2. The summed E-state index contributed by atoms with van der Waals surface area (Å²) in [6.45, 7) is 3.26. The minimum absolute atomic E-state index is 0.0204. The maximum Gasteiger partial charge on any atom is 0.233 e. The van der Waals surface area contributed by atoms with Gasteiger partial charge in [0.15, 0.2) is 0 Å². The fourth-order valence-electron chi connectivity index (χ4n) is 1.61. The van der Waals surface area contributed by atoms with Gasteiger partial charge in [-0.05, 0) is 13.0 Å². The Bertz CT molecular complexity index is 495. The van der Waals surface area contributed by atoms with E-state index in [0.29, 0.717) is 23.7 Å². The summed E-state index contributed by atoms with van der Waals surface area (Å²) in [5.41, 5.74) is 0.427. The molecule has 6 nitrogen and oxygen atoms in total. The summed E-state index contributed by atoms with van der Waals surface area (Å²) in [6.07, 6.45) is 0.973. The molecule has 0 heterocycles. The number of hydrogen-bond acceptors (Lipinski definition) is 5. The van der Waals surface area contributed by atoms with E-state index in [2.05, 4.69) is 10.0 Å². The van der Waals surface area contributed by atoms with Crippen molar-refractivity contribution in [3.05, 3.63) is 18.2 Å². The molecule has 0 saturated carbocycles. The minimum atomic E-state index is -3.39. The summed E-state index contributed by atoms with van der Waals surface area (Å²) in [5.74, 6) is 1.09. The molecule has 7 heteroatoms. The van der Waals surface area contributed by atoms with Crippen LogP contribution in [0.5, 0.6) is 11.5 Å². The Balaban J connectivity index is 2.71. The van der Waals surface area contributed by atoms with Gasteiger partial charge in [0, 0.05) is 24.7 Å². The van der Waals surface area contributed by atoms with Crippen LogP contribution < -0.4 is 19.5 Å². The Morgan fingerprint density at radius 2 is 1.65 bits per heavy atom. The van der Waals surface area contributed by atoms with Gasteiger partial charge in [0.2, 0.25) is 10.0 Å². The van der Waals surface area contributed by atoms with Crippen molar-refractivity contribution >= 4 is 15.7 Å². The lowest BCUT2D eigenvalue weighted by Crippen LogP contribution is -2.27. The molecule has 1 aromatic rings. The predicted octanol–water partition coefficient (Wildman–Crippen LogP) is 1.45. The van der Waals surface area contributed by atoms with Crippen molar-refractivity contribution in [3.63, 3.8) is 0 Å². The second-order valence-electron chi connectivity index (χ2n) is 4.27. The Hall–Kier alpha value is -1.47. The molecule has 20 heavy (non-hydrogen) atoms. The molecular weight excluding hydrogens is 280 g/mol. The van der Waals surface area contributed by atoms with E-state index in [1.807, 2.05) is 6.92 Å². The zero-order chi connectivity index (χ0) is 15.0. The van der Waals surface area contributed by atoms with Crippen LogP contribution in [0.1, 0.15) is 13.3 Å². The highest BCUT2D eigenvalue weighted by Crippen LogP contribution is 2.26. The van der Waals surface area contributed by atoms with Gasteiger partial charge in [-0.25, -0.2) is 8.42 Å². The Kier molecular flexibility index (Phi) is 6.60. The normalized spacial score (nSPS) is 11.2. The van der Waals surface area contributed by atoms with Crippen molar-refractivity contribution in [1.29, 1.82) is 0 Å². The fourth-order valence-corrected chi connectivity index (χ4v) is 2.60. The summed E-state index contributed by atoms with van der Waals surface area (Å²) in [7, 11) is -0.357. The summed E-state index contributed by atoms with van der Waals surface area (Å²) in [5, 5.41) is 3.05. The molecule has 2 N–H and O–H groups in total. The molecule has 0 aromatic heterocycles. The minimum Gasteiger partial charge on any atom is -0.497 e. The fraction of sp³-hybridized carbons (Fsp3) is 0.538. The maximum atomic E-state index is 11.9. The number of ether oxygens (including phenoxy) is 2. The molecule has 114 valence electrons. The number of sulfonamides is 1. The third-order valence-corrected chi connectivity index (χ3v) is 3.89. The van der Waals surface area contributed by atoms with Gasteiger partial charge in [0.1, 0.15) is 11.5 Å². The number of methoxy groups -OCH3 is 2. The molecule has 0 fully saturated rings. The van der Waals surface area contributed by atoms with Crippen LogP contribution in [0.25, 0.3) is 0 Å². The topological polar surface area (TPSA) is 76.7 Å². The molecule has 1 aromatic carbocycles. The van der Waals surface area contributed by atoms with Gasteiger partial charge in [-0.1, -0.05) is 6.92 Å². The van der Waals surface area contributed by atoms with Crippen LogP contribution >= 0.6 is 0 Å². The first-order valence-electron chi connectivity index (χ1n) is 6.45.